The van der Waals surface area contributed by atoms with Crippen molar-refractivity contribution in [3.63, 3.8) is 0 Å². The average molecular weight is 469 g/mol. The number of sulfonamides is 1. The Hall–Kier alpha value is -1.97. The maximum absolute atomic E-state index is 13.3. The van der Waals surface area contributed by atoms with Gasteiger partial charge < -0.3 is 9.32 Å². The van der Waals surface area contributed by atoms with Crippen LogP contribution in [0.1, 0.15) is 45.9 Å². The van der Waals surface area contributed by atoms with Crippen LogP contribution < -0.4 is 0 Å². The zero-order chi connectivity index (χ0) is 22.6. The lowest BCUT2D eigenvalue weighted by Crippen LogP contribution is -2.48. The molecule has 0 spiro atoms. The molecule has 3 rings (SSSR count). The predicted molar refractivity (Wildman–Crippen MR) is 119 cm³/mol. The van der Waals surface area contributed by atoms with Gasteiger partial charge in [-0.3, -0.25) is 4.79 Å². The lowest BCUT2D eigenvalue weighted by Gasteiger charge is -2.35. The van der Waals surface area contributed by atoms with Gasteiger partial charge in [0.25, 0.3) is 0 Å². The van der Waals surface area contributed by atoms with Crippen molar-refractivity contribution in [1.29, 1.82) is 0 Å². The second kappa shape index (κ2) is 10.1. The molecule has 1 aromatic carbocycles. The largest absolute Gasteiger partial charge is 0.419 e. The highest BCUT2D eigenvalue weighted by Crippen LogP contribution is 2.27. The van der Waals surface area contributed by atoms with E-state index < -0.39 is 10.0 Å². The second-order valence-electron chi connectivity index (χ2n) is 8.05. The van der Waals surface area contributed by atoms with E-state index in [1.165, 1.54) is 4.31 Å². The van der Waals surface area contributed by atoms with Gasteiger partial charge in [-0.25, -0.2) is 12.7 Å². The molecule has 0 bridgehead atoms. The molecule has 170 valence electrons. The van der Waals surface area contributed by atoms with Gasteiger partial charge in [0.1, 0.15) is 0 Å². The summed E-state index contributed by atoms with van der Waals surface area (Å²) in [6.07, 6.45) is 1.89. The van der Waals surface area contributed by atoms with Crippen LogP contribution in [0.25, 0.3) is 11.5 Å². The van der Waals surface area contributed by atoms with Crippen LogP contribution in [0.5, 0.6) is 0 Å². The van der Waals surface area contributed by atoms with E-state index in [0.717, 1.165) is 0 Å². The minimum Gasteiger partial charge on any atom is -0.419 e. The normalized spacial score (nSPS) is 17.8. The summed E-state index contributed by atoms with van der Waals surface area (Å²) in [6.45, 7) is 6.52. The molecule has 10 heteroatoms. The van der Waals surface area contributed by atoms with Crippen LogP contribution in [0.15, 0.2) is 28.7 Å². The van der Waals surface area contributed by atoms with E-state index in [4.69, 9.17) is 16.0 Å². The Balaban J connectivity index is 1.74. The fourth-order valence-electron chi connectivity index (χ4n) is 3.74. The molecule has 1 aromatic heterocycles. The molecule has 31 heavy (non-hydrogen) atoms. The third-order valence-corrected chi connectivity index (χ3v) is 7.74. The maximum Gasteiger partial charge on any atom is 0.249 e. The van der Waals surface area contributed by atoms with Crippen LogP contribution in [0.2, 0.25) is 5.02 Å². The fourth-order valence-corrected chi connectivity index (χ4v) is 5.54. The van der Waals surface area contributed by atoms with Gasteiger partial charge in [0.2, 0.25) is 27.7 Å². The Kier molecular flexibility index (Phi) is 7.72. The minimum atomic E-state index is -3.33. The summed E-state index contributed by atoms with van der Waals surface area (Å²) < 4.78 is 32.2. The lowest BCUT2D eigenvalue weighted by atomic mass is 9.97. The van der Waals surface area contributed by atoms with E-state index in [0.29, 0.717) is 48.2 Å². The number of hydrogen-bond acceptors (Lipinski definition) is 6. The van der Waals surface area contributed by atoms with Crippen LogP contribution in [0.4, 0.5) is 0 Å². The first kappa shape index (κ1) is 23.7. The zero-order valence-corrected chi connectivity index (χ0v) is 19.7. The molecular weight excluding hydrogens is 440 g/mol. The summed E-state index contributed by atoms with van der Waals surface area (Å²) in [6, 6.07) is 7.07. The van der Waals surface area contributed by atoms with Gasteiger partial charge in [0.15, 0.2) is 0 Å². The van der Waals surface area contributed by atoms with E-state index in [1.807, 2.05) is 32.9 Å². The molecule has 2 aromatic rings. The smallest absolute Gasteiger partial charge is 0.249 e. The Morgan fingerprint density at radius 2 is 2.06 bits per heavy atom. The number of piperidine rings is 1. The Morgan fingerprint density at radius 3 is 2.74 bits per heavy atom. The standard InChI is InChI=1S/C21H29ClN4O4S/c1-4-12-31(28,29)25-11-7-8-16(13-25)21(27)26(15(2)3)14-19-23-24-20(30-19)17-9-5-6-10-18(17)22/h5-6,9-10,15-16H,4,7-8,11-14H2,1-3H3. The van der Waals surface area contributed by atoms with Gasteiger partial charge in [0.05, 0.1) is 28.8 Å². The third kappa shape index (κ3) is 5.64. The van der Waals surface area contributed by atoms with E-state index in [1.54, 1.807) is 17.0 Å². The number of carbonyl (C=O) groups is 1. The van der Waals surface area contributed by atoms with E-state index in [2.05, 4.69) is 10.2 Å². The first-order valence-corrected chi connectivity index (χ1v) is 12.6. The van der Waals surface area contributed by atoms with Crippen molar-refractivity contribution in [1.82, 2.24) is 19.4 Å². The molecule has 0 N–H and O–H groups in total. The van der Waals surface area contributed by atoms with E-state index in [-0.39, 0.29) is 36.7 Å². The number of hydrogen-bond donors (Lipinski definition) is 0. The molecule has 2 heterocycles. The summed E-state index contributed by atoms with van der Waals surface area (Å²) in [7, 11) is -3.33. The topological polar surface area (TPSA) is 96.6 Å². The molecule has 0 radical (unpaired) electrons. The molecule has 0 saturated carbocycles. The molecule has 1 saturated heterocycles. The molecule has 1 unspecified atom stereocenters. The Bertz CT molecular complexity index is 1010. The number of halogens is 1. The van der Waals surface area contributed by atoms with Gasteiger partial charge in [-0.05, 0) is 45.2 Å². The molecule has 1 aliphatic heterocycles. The summed E-state index contributed by atoms with van der Waals surface area (Å²) in [5.41, 5.74) is 0.634. The molecule has 8 nitrogen and oxygen atoms in total. The number of nitrogens with zero attached hydrogens (tertiary/aromatic N) is 4. The molecule has 0 aliphatic carbocycles. The number of amides is 1. The van der Waals surface area contributed by atoms with E-state index in [9.17, 15) is 13.2 Å². The number of benzene rings is 1. The highest BCUT2D eigenvalue weighted by atomic mass is 35.5. The minimum absolute atomic E-state index is 0.0936. The van der Waals surface area contributed by atoms with Gasteiger partial charge in [-0.1, -0.05) is 30.7 Å². The summed E-state index contributed by atoms with van der Waals surface area (Å²) in [5.74, 6) is 0.237. The van der Waals surface area contributed by atoms with Crippen LogP contribution in [0.3, 0.4) is 0 Å². The fraction of sp³-hybridized carbons (Fsp3) is 0.571. The van der Waals surface area contributed by atoms with Crippen LogP contribution in [-0.4, -0.2) is 58.6 Å². The quantitative estimate of drug-likeness (QED) is 0.587. The molecule has 1 aliphatic rings. The van der Waals surface area contributed by atoms with Crippen molar-refractivity contribution in [2.75, 3.05) is 18.8 Å². The van der Waals surface area contributed by atoms with Crippen molar-refractivity contribution in [2.24, 2.45) is 5.92 Å². The maximum atomic E-state index is 13.3. The Morgan fingerprint density at radius 1 is 1.32 bits per heavy atom. The van der Waals surface area contributed by atoms with Crippen LogP contribution in [0, 0.1) is 5.92 Å². The summed E-state index contributed by atoms with van der Waals surface area (Å²) >= 11 is 6.20. The van der Waals surface area contributed by atoms with Gasteiger partial charge >= 0.3 is 0 Å². The highest BCUT2D eigenvalue weighted by Gasteiger charge is 2.35. The van der Waals surface area contributed by atoms with Crippen molar-refractivity contribution in [3.05, 3.63) is 35.2 Å². The van der Waals surface area contributed by atoms with Crippen LogP contribution >= 0.6 is 11.6 Å². The Labute approximate surface area is 188 Å². The number of carbonyl (C=O) groups excluding carboxylic acids is 1. The first-order valence-electron chi connectivity index (χ1n) is 10.6. The van der Waals surface area contributed by atoms with Crippen molar-refractivity contribution in [3.8, 4) is 11.5 Å². The monoisotopic (exact) mass is 468 g/mol. The van der Waals surface area contributed by atoms with Crippen molar-refractivity contribution in [2.45, 2.75) is 52.6 Å². The van der Waals surface area contributed by atoms with Gasteiger partial charge in [-0.15, -0.1) is 10.2 Å². The van der Waals surface area contributed by atoms with E-state index >= 15 is 0 Å². The number of aromatic nitrogens is 2. The molecule has 1 fully saturated rings. The lowest BCUT2D eigenvalue weighted by molar-refractivity contribution is -0.139. The predicted octanol–water partition coefficient (Wildman–Crippen LogP) is 3.58. The number of rotatable bonds is 8. The summed E-state index contributed by atoms with van der Waals surface area (Å²) in [4.78, 5) is 15.0. The first-order chi connectivity index (χ1) is 14.7. The van der Waals surface area contributed by atoms with Crippen LogP contribution in [-0.2, 0) is 21.4 Å². The average Bonchev–Trinajstić information content (AvgIpc) is 3.20. The second-order valence-corrected chi connectivity index (χ2v) is 10.5. The SMILES string of the molecule is CCCS(=O)(=O)N1CCCC(C(=O)N(Cc2nnc(-c3ccccc3Cl)o2)C(C)C)C1. The molecule has 1 atom stereocenters. The molecule has 1 amide bonds. The van der Waals surface area contributed by atoms with Crippen molar-refractivity contribution < 1.29 is 17.6 Å². The van der Waals surface area contributed by atoms with Crippen molar-refractivity contribution >= 4 is 27.5 Å². The highest BCUT2D eigenvalue weighted by molar-refractivity contribution is 7.89. The zero-order valence-electron chi connectivity index (χ0n) is 18.1. The third-order valence-electron chi connectivity index (χ3n) is 5.37. The van der Waals surface area contributed by atoms with Gasteiger partial charge in [0, 0.05) is 19.1 Å². The summed E-state index contributed by atoms with van der Waals surface area (Å²) in [5, 5.41) is 8.66. The molecular formula is C21H29ClN4O4S. The van der Waals surface area contributed by atoms with Gasteiger partial charge in [-0.2, -0.15) is 0 Å².